The Balaban J connectivity index is 2.93. The van der Waals surface area contributed by atoms with Gasteiger partial charge in [-0.3, -0.25) is 0 Å². The molecule has 0 radical (unpaired) electrons. The van der Waals surface area contributed by atoms with Gasteiger partial charge in [0.15, 0.2) is 0 Å². The van der Waals surface area contributed by atoms with Crippen LogP contribution >= 0.6 is 11.6 Å². The van der Waals surface area contributed by atoms with Crippen LogP contribution in [0.4, 0.5) is 4.39 Å². The smallest absolute Gasteiger partial charge is 0.144 e. The Kier molecular flexibility index (Phi) is 4.21. The molecule has 1 unspecified atom stereocenters. The van der Waals surface area contributed by atoms with E-state index in [0.29, 0.717) is 10.6 Å². The van der Waals surface area contributed by atoms with E-state index in [1.165, 1.54) is 24.4 Å². The van der Waals surface area contributed by atoms with Gasteiger partial charge in [0.25, 0.3) is 0 Å². The molecule has 0 saturated carbocycles. The third-order valence-electron chi connectivity index (χ3n) is 1.77. The summed E-state index contributed by atoms with van der Waals surface area (Å²) in [7, 11) is -1.36. The SMILES string of the molecule is CC(C)(C)S(=O)/N=C/c1cc(F)ccc1Cl. The number of benzene rings is 1. The highest BCUT2D eigenvalue weighted by atomic mass is 35.5. The molecule has 0 N–H and O–H groups in total. The van der Waals surface area contributed by atoms with Gasteiger partial charge >= 0.3 is 0 Å². The summed E-state index contributed by atoms with van der Waals surface area (Å²) in [6, 6.07) is 3.96. The molecular formula is C11H13ClFNOS. The van der Waals surface area contributed by atoms with E-state index < -0.39 is 21.5 Å². The Labute approximate surface area is 102 Å². The van der Waals surface area contributed by atoms with Crippen LogP contribution in [0.25, 0.3) is 0 Å². The zero-order valence-corrected chi connectivity index (χ0v) is 10.9. The van der Waals surface area contributed by atoms with Gasteiger partial charge in [-0.1, -0.05) is 11.6 Å². The molecule has 2 nitrogen and oxygen atoms in total. The van der Waals surface area contributed by atoms with Gasteiger partial charge < -0.3 is 0 Å². The molecule has 0 aliphatic rings. The summed E-state index contributed by atoms with van der Waals surface area (Å²) in [5.41, 5.74) is 0.430. The molecule has 1 aromatic carbocycles. The van der Waals surface area contributed by atoms with Crippen molar-refractivity contribution in [1.82, 2.24) is 0 Å². The second kappa shape index (κ2) is 5.06. The Hall–Kier alpha value is -0.740. The maximum Gasteiger partial charge on any atom is 0.144 e. The van der Waals surface area contributed by atoms with Gasteiger partial charge in [0, 0.05) is 16.8 Å². The van der Waals surface area contributed by atoms with E-state index in [9.17, 15) is 8.60 Å². The molecule has 1 atom stereocenters. The maximum atomic E-state index is 12.9. The van der Waals surface area contributed by atoms with Crippen LogP contribution in [0.5, 0.6) is 0 Å². The van der Waals surface area contributed by atoms with E-state index in [1.54, 1.807) is 0 Å². The third-order valence-corrected chi connectivity index (χ3v) is 3.46. The molecule has 1 aromatic rings. The van der Waals surface area contributed by atoms with Gasteiger partial charge in [-0.15, -0.1) is 0 Å². The minimum atomic E-state index is -1.36. The van der Waals surface area contributed by atoms with Crippen LogP contribution < -0.4 is 0 Å². The van der Waals surface area contributed by atoms with E-state index in [4.69, 9.17) is 11.6 Å². The predicted octanol–water partition coefficient (Wildman–Crippen LogP) is 3.36. The average Bonchev–Trinajstić information content (AvgIpc) is 2.17. The van der Waals surface area contributed by atoms with Gasteiger partial charge in [0.05, 0.1) is 4.75 Å². The molecule has 5 heteroatoms. The standard InChI is InChI=1S/C11H13ClFNOS/c1-11(2,3)16(15)14-7-8-6-9(13)4-5-10(8)12/h4-7H,1-3H3/b14-7+. The topological polar surface area (TPSA) is 29.4 Å². The molecule has 1 rings (SSSR count). The Bertz CT molecular complexity index is 440. The van der Waals surface area contributed by atoms with Crippen molar-refractivity contribution in [2.75, 3.05) is 0 Å². The minimum Gasteiger partial charge on any atom is -0.234 e. The molecule has 0 saturated heterocycles. The van der Waals surface area contributed by atoms with Gasteiger partial charge in [-0.2, -0.15) is 4.40 Å². The first-order valence-corrected chi connectivity index (χ1v) is 6.20. The first-order valence-electron chi connectivity index (χ1n) is 4.72. The highest BCUT2D eigenvalue weighted by molar-refractivity contribution is 7.85. The van der Waals surface area contributed by atoms with E-state index in [2.05, 4.69) is 4.40 Å². The highest BCUT2D eigenvalue weighted by Gasteiger charge is 2.18. The van der Waals surface area contributed by atoms with Crippen molar-refractivity contribution in [2.24, 2.45) is 4.40 Å². The third kappa shape index (κ3) is 3.68. The van der Waals surface area contributed by atoms with Crippen LogP contribution in [0, 0.1) is 5.82 Å². The fourth-order valence-electron chi connectivity index (χ4n) is 0.876. The van der Waals surface area contributed by atoms with E-state index in [1.807, 2.05) is 20.8 Å². The fourth-order valence-corrected chi connectivity index (χ4v) is 1.57. The van der Waals surface area contributed by atoms with Crippen molar-refractivity contribution < 1.29 is 8.60 Å². The predicted molar refractivity (Wildman–Crippen MR) is 66.9 cm³/mol. The molecule has 16 heavy (non-hydrogen) atoms. The van der Waals surface area contributed by atoms with E-state index in [0.717, 1.165) is 0 Å². The summed E-state index contributed by atoms with van der Waals surface area (Å²) in [5, 5.41) is 0.385. The molecule has 0 amide bonds. The molecule has 0 aliphatic carbocycles. The van der Waals surface area contributed by atoms with Crippen molar-refractivity contribution in [3.63, 3.8) is 0 Å². The molecular weight excluding hydrogens is 249 g/mol. The number of hydrogen-bond acceptors (Lipinski definition) is 1. The van der Waals surface area contributed by atoms with Crippen LogP contribution in [-0.2, 0) is 11.0 Å². The Morgan fingerprint density at radius 1 is 1.44 bits per heavy atom. The molecule has 0 heterocycles. The summed E-state index contributed by atoms with van der Waals surface area (Å²) < 4.78 is 27.9. The van der Waals surface area contributed by atoms with Gasteiger partial charge in [-0.05, 0) is 39.0 Å². The number of rotatable bonds is 2. The van der Waals surface area contributed by atoms with Crippen molar-refractivity contribution in [3.05, 3.63) is 34.6 Å². The monoisotopic (exact) mass is 261 g/mol. The Morgan fingerprint density at radius 2 is 2.06 bits per heavy atom. The average molecular weight is 262 g/mol. The largest absolute Gasteiger partial charge is 0.234 e. The first kappa shape index (κ1) is 13.3. The van der Waals surface area contributed by atoms with Crippen LogP contribution in [0.1, 0.15) is 26.3 Å². The maximum absolute atomic E-state index is 12.9. The quantitative estimate of drug-likeness (QED) is 0.751. The molecule has 0 fully saturated rings. The van der Waals surface area contributed by atoms with Crippen LogP contribution in [0.3, 0.4) is 0 Å². The van der Waals surface area contributed by atoms with Gasteiger partial charge in [0.2, 0.25) is 0 Å². The lowest BCUT2D eigenvalue weighted by molar-refractivity contribution is 0.627. The number of hydrogen-bond donors (Lipinski definition) is 0. The van der Waals surface area contributed by atoms with Crippen LogP contribution in [0.2, 0.25) is 5.02 Å². The summed E-state index contributed by atoms with van der Waals surface area (Å²) in [6.07, 6.45) is 1.34. The van der Waals surface area contributed by atoms with Crippen molar-refractivity contribution in [3.8, 4) is 0 Å². The lowest BCUT2D eigenvalue weighted by atomic mass is 10.2. The summed E-state index contributed by atoms with van der Waals surface area (Å²) >= 11 is 5.84. The van der Waals surface area contributed by atoms with E-state index in [-0.39, 0.29) is 0 Å². The van der Waals surface area contributed by atoms with Crippen molar-refractivity contribution in [1.29, 1.82) is 0 Å². The lowest BCUT2D eigenvalue weighted by Crippen LogP contribution is -2.19. The molecule has 0 aromatic heterocycles. The minimum absolute atomic E-state index is 0.385. The number of nitrogens with zero attached hydrogens (tertiary/aromatic N) is 1. The summed E-state index contributed by atoms with van der Waals surface area (Å²) in [5.74, 6) is -0.396. The first-order chi connectivity index (χ1) is 7.30. The molecule has 88 valence electrons. The molecule has 0 aliphatic heterocycles. The lowest BCUT2D eigenvalue weighted by Gasteiger charge is -2.12. The summed E-state index contributed by atoms with van der Waals surface area (Å²) in [4.78, 5) is 0. The zero-order valence-electron chi connectivity index (χ0n) is 9.33. The fraction of sp³-hybridized carbons (Fsp3) is 0.364. The molecule has 0 bridgehead atoms. The zero-order chi connectivity index (χ0) is 12.3. The second-order valence-electron chi connectivity index (χ2n) is 4.26. The second-order valence-corrected chi connectivity index (χ2v) is 6.60. The van der Waals surface area contributed by atoms with Crippen LogP contribution in [0.15, 0.2) is 22.6 Å². The summed E-state index contributed by atoms with van der Waals surface area (Å²) in [6.45, 7) is 5.44. The number of halogens is 2. The van der Waals surface area contributed by atoms with Gasteiger partial charge in [0.1, 0.15) is 16.8 Å². The molecule has 0 spiro atoms. The van der Waals surface area contributed by atoms with Crippen molar-refractivity contribution in [2.45, 2.75) is 25.5 Å². The normalized spacial score (nSPS) is 14.3. The van der Waals surface area contributed by atoms with Crippen LogP contribution in [-0.4, -0.2) is 15.2 Å². The highest BCUT2D eigenvalue weighted by Crippen LogP contribution is 2.17. The van der Waals surface area contributed by atoms with Crippen molar-refractivity contribution >= 4 is 28.8 Å². The Morgan fingerprint density at radius 3 is 2.62 bits per heavy atom. The van der Waals surface area contributed by atoms with Gasteiger partial charge in [-0.25, -0.2) is 8.60 Å². The van der Waals surface area contributed by atoms with E-state index >= 15 is 0 Å².